The maximum atomic E-state index is 13.0. The van der Waals surface area contributed by atoms with E-state index in [1.807, 2.05) is 0 Å². The Morgan fingerprint density at radius 3 is 2.27 bits per heavy atom. The Balaban J connectivity index is 1.98. The predicted molar refractivity (Wildman–Crippen MR) is 112 cm³/mol. The Hall–Kier alpha value is -3.25. The minimum Gasteiger partial charge on any atom is -0.497 e. The van der Waals surface area contributed by atoms with Crippen molar-refractivity contribution in [1.29, 1.82) is 0 Å². The van der Waals surface area contributed by atoms with Crippen LogP contribution in [0.2, 0.25) is 5.02 Å². The molecule has 154 valence electrons. The van der Waals surface area contributed by atoms with E-state index in [1.165, 1.54) is 0 Å². The standard InChI is InChI=1S/C23H17ClF3NO2/c1-30-18-10-7-15(8-11-18)13-19(16-5-3-2-4-6-16)22(29)28-21-14-17(23(25,26)27)9-12-20(21)24/h2-14H,1H3,(H,28,29)/b19-13+. The van der Waals surface area contributed by atoms with Gasteiger partial charge in [0.25, 0.3) is 5.91 Å². The second-order valence-electron chi connectivity index (χ2n) is 6.34. The summed E-state index contributed by atoms with van der Waals surface area (Å²) in [5.41, 5.74) is 0.582. The number of amides is 1. The van der Waals surface area contributed by atoms with Crippen LogP contribution in [0.25, 0.3) is 11.6 Å². The molecule has 0 spiro atoms. The molecule has 0 heterocycles. The van der Waals surface area contributed by atoms with Crippen LogP contribution in [-0.2, 0) is 11.0 Å². The van der Waals surface area contributed by atoms with Crippen molar-refractivity contribution in [2.75, 3.05) is 12.4 Å². The molecule has 0 unspecified atom stereocenters. The molecule has 3 aromatic rings. The molecule has 0 bridgehead atoms. The molecule has 3 aromatic carbocycles. The van der Waals surface area contributed by atoms with E-state index in [0.717, 1.165) is 23.8 Å². The molecule has 0 aliphatic rings. The molecule has 0 radical (unpaired) electrons. The van der Waals surface area contributed by atoms with E-state index in [0.29, 0.717) is 11.3 Å². The molecule has 0 aromatic heterocycles. The molecule has 1 amide bonds. The molecule has 0 atom stereocenters. The van der Waals surface area contributed by atoms with Gasteiger partial charge in [-0.2, -0.15) is 13.2 Å². The topological polar surface area (TPSA) is 38.3 Å². The highest BCUT2D eigenvalue weighted by molar-refractivity contribution is 6.35. The zero-order valence-electron chi connectivity index (χ0n) is 15.8. The number of methoxy groups -OCH3 is 1. The van der Waals surface area contributed by atoms with Crippen molar-refractivity contribution in [3.63, 3.8) is 0 Å². The van der Waals surface area contributed by atoms with Crippen LogP contribution in [-0.4, -0.2) is 13.0 Å². The molecule has 0 aliphatic heterocycles. The van der Waals surface area contributed by atoms with Gasteiger partial charge in [-0.05, 0) is 47.5 Å². The number of halogens is 4. The normalized spacial score (nSPS) is 11.8. The van der Waals surface area contributed by atoms with Gasteiger partial charge in [0.2, 0.25) is 0 Å². The van der Waals surface area contributed by atoms with E-state index in [-0.39, 0.29) is 16.3 Å². The van der Waals surface area contributed by atoms with Gasteiger partial charge in [0, 0.05) is 5.57 Å². The Morgan fingerprint density at radius 1 is 1.00 bits per heavy atom. The summed E-state index contributed by atoms with van der Waals surface area (Å²) in [6.07, 6.45) is -2.91. The smallest absolute Gasteiger partial charge is 0.416 e. The van der Waals surface area contributed by atoms with Crippen LogP contribution < -0.4 is 10.1 Å². The van der Waals surface area contributed by atoms with Gasteiger partial charge >= 0.3 is 6.18 Å². The van der Waals surface area contributed by atoms with Gasteiger partial charge in [-0.25, -0.2) is 0 Å². The third-order valence-electron chi connectivity index (χ3n) is 4.30. The summed E-state index contributed by atoms with van der Waals surface area (Å²) in [6.45, 7) is 0. The van der Waals surface area contributed by atoms with Crippen LogP contribution in [0, 0.1) is 0 Å². The van der Waals surface area contributed by atoms with Gasteiger partial charge in [-0.15, -0.1) is 0 Å². The molecule has 0 saturated heterocycles. The highest BCUT2D eigenvalue weighted by atomic mass is 35.5. The quantitative estimate of drug-likeness (QED) is 0.367. The first-order valence-electron chi connectivity index (χ1n) is 8.87. The lowest BCUT2D eigenvalue weighted by Gasteiger charge is -2.13. The van der Waals surface area contributed by atoms with Crippen molar-refractivity contribution in [3.05, 3.63) is 94.5 Å². The molecule has 1 N–H and O–H groups in total. The first kappa shape index (κ1) is 21.5. The fraction of sp³-hybridized carbons (Fsp3) is 0.0870. The van der Waals surface area contributed by atoms with Crippen LogP contribution >= 0.6 is 11.6 Å². The van der Waals surface area contributed by atoms with Crippen LogP contribution in [0.1, 0.15) is 16.7 Å². The van der Waals surface area contributed by atoms with Gasteiger partial charge in [-0.3, -0.25) is 4.79 Å². The van der Waals surface area contributed by atoms with E-state index in [9.17, 15) is 18.0 Å². The molecule has 7 heteroatoms. The summed E-state index contributed by atoms with van der Waals surface area (Å²) in [5.74, 6) is 0.0758. The van der Waals surface area contributed by atoms with Gasteiger partial charge < -0.3 is 10.1 Å². The highest BCUT2D eigenvalue weighted by Crippen LogP contribution is 2.34. The fourth-order valence-corrected chi connectivity index (χ4v) is 2.92. The van der Waals surface area contributed by atoms with E-state index >= 15 is 0 Å². The summed E-state index contributed by atoms with van der Waals surface area (Å²) < 4.78 is 44.2. The zero-order valence-corrected chi connectivity index (χ0v) is 16.6. The molecule has 0 saturated carbocycles. The average molecular weight is 432 g/mol. The fourth-order valence-electron chi connectivity index (χ4n) is 2.75. The third-order valence-corrected chi connectivity index (χ3v) is 4.63. The summed E-state index contributed by atoms with van der Waals surface area (Å²) in [4.78, 5) is 13.0. The first-order valence-corrected chi connectivity index (χ1v) is 9.25. The van der Waals surface area contributed by atoms with Gasteiger partial charge in [0.1, 0.15) is 5.75 Å². The molecular weight excluding hydrogens is 415 g/mol. The minimum absolute atomic E-state index is 0.00760. The largest absolute Gasteiger partial charge is 0.497 e. The van der Waals surface area contributed by atoms with Crippen molar-refractivity contribution in [3.8, 4) is 5.75 Å². The third kappa shape index (κ3) is 5.21. The Labute approximate surface area is 176 Å². The lowest BCUT2D eigenvalue weighted by Crippen LogP contribution is -2.15. The predicted octanol–water partition coefficient (Wildman–Crippen LogP) is 6.55. The van der Waals surface area contributed by atoms with Crippen molar-refractivity contribution < 1.29 is 22.7 Å². The summed E-state index contributed by atoms with van der Waals surface area (Å²) in [7, 11) is 1.55. The second kappa shape index (κ2) is 9.05. The maximum absolute atomic E-state index is 13.0. The summed E-state index contributed by atoms with van der Waals surface area (Å²) in [5, 5.41) is 2.51. The van der Waals surface area contributed by atoms with Crippen molar-refractivity contribution in [2.45, 2.75) is 6.18 Å². The highest BCUT2D eigenvalue weighted by Gasteiger charge is 2.31. The van der Waals surface area contributed by atoms with Crippen molar-refractivity contribution in [2.24, 2.45) is 0 Å². The number of carbonyl (C=O) groups is 1. The van der Waals surface area contributed by atoms with Gasteiger partial charge in [-0.1, -0.05) is 54.1 Å². The van der Waals surface area contributed by atoms with Gasteiger partial charge in [0.15, 0.2) is 0 Å². The van der Waals surface area contributed by atoms with Crippen LogP contribution in [0.5, 0.6) is 5.75 Å². The van der Waals surface area contributed by atoms with Crippen LogP contribution in [0.15, 0.2) is 72.8 Å². The molecule has 3 nitrogen and oxygen atoms in total. The molecule has 3 rings (SSSR count). The van der Waals surface area contributed by atoms with Crippen molar-refractivity contribution >= 4 is 34.8 Å². The number of alkyl halides is 3. The summed E-state index contributed by atoms with van der Waals surface area (Å²) in [6, 6.07) is 18.6. The number of hydrogen-bond donors (Lipinski definition) is 1. The van der Waals surface area contributed by atoms with E-state index < -0.39 is 17.6 Å². The van der Waals surface area contributed by atoms with E-state index in [1.54, 1.807) is 67.8 Å². The second-order valence-corrected chi connectivity index (χ2v) is 6.75. The number of anilines is 1. The Kier molecular flexibility index (Phi) is 6.47. The van der Waals surface area contributed by atoms with Crippen molar-refractivity contribution in [1.82, 2.24) is 0 Å². The van der Waals surface area contributed by atoms with Gasteiger partial charge in [0.05, 0.1) is 23.4 Å². The van der Waals surface area contributed by atoms with E-state index in [4.69, 9.17) is 16.3 Å². The molecule has 0 fully saturated rings. The monoisotopic (exact) mass is 431 g/mol. The number of rotatable bonds is 5. The number of nitrogens with one attached hydrogen (secondary N) is 1. The number of benzene rings is 3. The molecular formula is C23H17ClF3NO2. The lowest BCUT2D eigenvalue weighted by molar-refractivity contribution is -0.137. The SMILES string of the molecule is COc1ccc(/C=C(/C(=O)Nc2cc(C(F)(F)F)ccc2Cl)c2ccccc2)cc1. The number of carbonyl (C=O) groups excluding carboxylic acids is 1. The van der Waals surface area contributed by atoms with Crippen LogP contribution in [0.4, 0.5) is 18.9 Å². The number of ether oxygens (including phenoxy) is 1. The average Bonchev–Trinajstić information content (AvgIpc) is 2.73. The molecule has 30 heavy (non-hydrogen) atoms. The van der Waals surface area contributed by atoms with Crippen LogP contribution in [0.3, 0.4) is 0 Å². The Bertz CT molecular complexity index is 1060. The lowest BCUT2D eigenvalue weighted by atomic mass is 10.0. The zero-order chi connectivity index (χ0) is 21.7. The van der Waals surface area contributed by atoms with E-state index in [2.05, 4.69) is 5.32 Å². The number of hydrogen-bond acceptors (Lipinski definition) is 2. The maximum Gasteiger partial charge on any atom is 0.416 e. The minimum atomic E-state index is -4.55. The molecule has 0 aliphatic carbocycles. The summed E-state index contributed by atoms with van der Waals surface area (Å²) >= 11 is 6.02. The Morgan fingerprint density at radius 2 is 1.67 bits per heavy atom. The first-order chi connectivity index (χ1) is 14.3.